The zero-order valence-electron chi connectivity index (χ0n) is 13.2. The van der Waals surface area contributed by atoms with E-state index in [-0.39, 0.29) is 19.8 Å². The fourth-order valence-corrected chi connectivity index (χ4v) is 1.75. The number of aliphatic hydroxyl groups excluding tert-OH is 2. The van der Waals surface area contributed by atoms with Crippen molar-refractivity contribution in [1.29, 1.82) is 0 Å². The number of carbonyl (C=O) groups is 1. The van der Waals surface area contributed by atoms with Crippen LogP contribution in [0.3, 0.4) is 0 Å². The van der Waals surface area contributed by atoms with Crippen LogP contribution in [0.2, 0.25) is 0 Å². The predicted molar refractivity (Wildman–Crippen MR) is 82.6 cm³/mol. The number of hydrogen-bond donors (Lipinski definition) is 3. The summed E-state index contributed by atoms with van der Waals surface area (Å²) in [6, 6.07) is 5.15. The zero-order chi connectivity index (χ0) is 16.4. The van der Waals surface area contributed by atoms with E-state index in [9.17, 15) is 4.79 Å². The summed E-state index contributed by atoms with van der Waals surface area (Å²) in [7, 11) is 0. The average molecular weight is 311 g/mol. The molecular formula is C16H25NO5. The maximum Gasteiger partial charge on any atom is 0.407 e. The van der Waals surface area contributed by atoms with Crippen molar-refractivity contribution in [2.45, 2.75) is 33.5 Å². The van der Waals surface area contributed by atoms with E-state index in [0.717, 1.165) is 0 Å². The van der Waals surface area contributed by atoms with E-state index < -0.39 is 6.09 Å². The summed E-state index contributed by atoms with van der Waals surface area (Å²) in [6.07, 6.45) is 0.144. The molecule has 0 radical (unpaired) electrons. The summed E-state index contributed by atoms with van der Waals surface area (Å²) in [6.45, 7) is 5.05. The Morgan fingerprint density at radius 3 is 2.32 bits per heavy atom. The highest BCUT2D eigenvalue weighted by Gasteiger charge is 2.04. The van der Waals surface area contributed by atoms with Gasteiger partial charge in [-0.05, 0) is 29.2 Å². The van der Waals surface area contributed by atoms with Gasteiger partial charge in [-0.25, -0.2) is 4.79 Å². The number of rotatable bonds is 9. The number of amides is 1. The Balaban J connectivity index is 2.25. The largest absolute Gasteiger partial charge is 0.493 e. The van der Waals surface area contributed by atoms with Crippen LogP contribution in [-0.2, 0) is 18.0 Å². The van der Waals surface area contributed by atoms with Gasteiger partial charge in [0.25, 0.3) is 0 Å². The minimum absolute atomic E-state index is 0.108. The number of benzene rings is 1. The first-order valence-electron chi connectivity index (χ1n) is 7.43. The molecule has 0 fully saturated rings. The molecular weight excluding hydrogens is 286 g/mol. The SMILES string of the molecule is CC(C)CNC(=O)OCCCOc1cc(CO)cc(CO)c1. The lowest BCUT2D eigenvalue weighted by Crippen LogP contribution is -2.28. The molecule has 1 aromatic rings. The molecule has 0 aliphatic heterocycles. The second-order valence-corrected chi connectivity index (χ2v) is 5.41. The quantitative estimate of drug-likeness (QED) is 0.606. The molecule has 0 aliphatic carbocycles. The van der Waals surface area contributed by atoms with E-state index in [2.05, 4.69) is 5.32 Å². The summed E-state index contributed by atoms with van der Waals surface area (Å²) in [5, 5.41) is 20.9. The summed E-state index contributed by atoms with van der Waals surface area (Å²) in [5.41, 5.74) is 1.37. The molecule has 0 bridgehead atoms. The number of hydrogen-bond acceptors (Lipinski definition) is 5. The normalized spacial score (nSPS) is 10.6. The van der Waals surface area contributed by atoms with Crippen LogP contribution in [0.25, 0.3) is 0 Å². The van der Waals surface area contributed by atoms with Gasteiger partial charge in [0.05, 0.1) is 26.4 Å². The highest BCUT2D eigenvalue weighted by molar-refractivity contribution is 5.67. The molecule has 22 heavy (non-hydrogen) atoms. The number of aliphatic hydroxyl groups is 2. The molecule has 124 valence electrons. The maximum absolute atomic E-state index is 11.3. The molecule has 0 saturated heterocycles. The van der Waals surface area contributed by atoms with Gasteiger partial charge in [-0.3, -0.25) is 0 Å². The van der Waals surface area contributed by atoms with Crippen LogP contribution in [0, 0.1) is 5.92 Å². The number of ether oxygens (including phenoxy) is 2. The van der Waals surface area contributed by atoms with Crippen LogP contribution in [0.4, 0.5) is 4.79 Å². The molecule has 1 aromatic carbocycles. The summed E-state index contributed by atoms with van der Waals surface area (Å²) in [5.74, 6) is 0.968. The Labute approximate surface area is 131 Å². The topological polar surface area (TPSA) is 88.0 Å². The third-order valence-corrected chi connectivity index (χ3v) is 2.84. The molecule has 0 aromatic heterocycles. The Hall–Kier alpha value is -1.79. The molecule has 0 unspecified atom stereocenters. The third-order valence-electron chi connectivity index (χ3n) is 2.84. The van der Waals surface area contributed by atoms with Crippen LogP contribution < -0.4 is 10.1 Å². The second kappa shape index (κ2) is 10.0. The van der Waals surface area contributed by atoms with Gasteiger partial charge < -0.3 is 25.0 Å². The predicted octanol–water partition coefficient (Wildman–Crippen LogP) is 1.82. The van der Waals surface area contributed by atoms with Crippen molar-refractivity contribution >= 4 is 6.09 Å². The minimum atomic E-state index is -0.418. The molecule has 0 spiro atoms. The summed E-state index contributed by atoms with van der Waals surface area (Å²) >= 11 is 0. The molecule has 1 rings (SSSR count). The van der Waals surface area contributed by atoms with Crippen molar-refractivity contribution in [3.05, 3.63) is 29.3 Å². The highest BCUT2D eigenvalue weighted by Crippen LogP contribution is 2.17. The summed E-state index contributed by atoms with van der Waals surface area (Å²) < 4.78 is 10.5. The molecule has 6 nitrogen and oxygen atoms in total. The molecule has 1 amide bonds. The van der Waals surface area contributed by atoms with Crippen LogP contribution >= 0.6 is 0 Å². The van der Waals surface area contributed by atoms with Gasteiger partial charge in [0.15, 0.2) is 0 Å². The second-order valence-electron chi connectivity index (χ2n) is 5.41. The Bertz CT molecular complexity index is 440. The first kappa shape index (κ1) is 18.3. The van der Waals surface area contributed by atoms with Gasteiger partial charge in [-0.1, -0.05) is 19.9 Å². The van der Waals surface area contributed by atoms with Crippen molar-refractivity contribution in [2.75, 3.05) is 19.8 Å². The number of nitrogens with one attached hydrogen (secondary N) is 1. The lowest BCUT2D eigenvalue weighted by atomic mass is 10.1. The van der Waals surface area contributed by atoms with Crippen molar-refractivity contribution in [2.24, 2.45) is 5.92 Å². The van der Waals surface area contributed by atoms with Crippen LogP contribution in [-0.4, -0.2) is 36.1 Å². The monoisotopic (exact) mass is 311 g/mol. The fraction of sp³-hybridized carbons (Fsp3) is 0.562. The first-order chi connectivity index (χ1) is 10.5. The van der Waals surface area contributed by atoms with Gasteiger partial charge in [-0.2, -0.15) is 0 Å². The molecule has 3 N–H and O–H groups in total. The molecule has 0 atom stereocenters. The number of carbonyl (C=O) groups excluding carboxylic acids is 1. The van der Waals surface area contributed by atoms with Crippen molar-refractivity contribution in [3.63, 3.8) is 0 Å². The lowest BCUT2D eigenvalue weighted by molar-refractivity contribution is 0.136. The van der Waals surface area contributed by atoms with Gasteiger partial charge in [0.1, 0.15) is 5.75 Å². The molecule has 6 heteroatoms. The van der Waals surface area contributed by atoms with Crippen LogP contribution in [0.5, 0.6) is 5.75 Å². The van der Waals surface area contributed by atoms with E-state index in [1.165, 1.54) is 0 Å². The highest BCUT2D eigenvalue weighted by atomic mass is 16.5. The maximum atomic E-state index is 11.3. The Morgan fingerprint density at radius 1 is 1.14 bits per heavy atom. The van der Waals surface area contributed by atoms with Gasteiger partial charge in [0.2, 0.25) is 0 Å². The van der Waals surface area contributed by atoms with Gasteiger partial charge >= 0.3 is 6.09 Å². The van der Waals surface area contributed by atoms with E-state index in [4.69, 9.17) is 19.7 Å². The van der Waals surface area contributed by atoms with Crippen molar-refractivity contribution < 1.29 is 24.5 Å². The minimum Gasteiger partial charge on any atom is -0.493 e. The van der Waals surface area contributed by atoms with E-state index in [1.807, 2.05) is 13.8 Å². The molecule has 0 aliphatic rings. The Morgan fingerprint density at radius 2 is 1.77 bits per heavy atom. The first-order valence-corrected chi connectivity index (χ1v) is 7.43. The van der Waals surface area contributed by atoms with Gasteiger partial charge in [0, 0.05) is 13.0 Å². The fourth-order valence-electron chi connectivity index (χ4n) is 1.75. The summed E-state index contributed by atoms with van der Waals surface area (Å²) in [4.78, 5) is 11.3. The van der Waals surface area contributed by atoms with Crippen molar-refractivity contribution in [3.8, 4) is 5.75 Å². The molecule has 0 saturated carbocycles. The van der Waals surface area contributed by atoms with Crippen LogP contribution in [0.1, 0.15) is 31.4 Å². The van der Waals surface area contributed by atoms with Gasteiger partial charge in [-0.15, -0.1) is 0 Å². The standard InChI is InChI=1S/C16H25NO5/c1-12(2)9-17-16(20)22-5-3-4-21-15-7-13(10-18)6-14(8-15)11-19/h6-8,12,18-19H,3-5,9-11H2,1-2H3,(H,17,20). The zero-order valence-corrected chi connectivity index (χ0v) is 13.2. The smallest absolute Gasteiger partial charge is 0.407 e. The van der Waals surface area contributed by atoms with E-state index >= 15 is 0 Å². The van der Waals surface area contributed by atoms with E-state index in [1.54, 1.807) is 18.2 Å². The van der Waals surface area contributed by atoms with E-state index in [0.29, 0.717) is 42.4 Å². The number of alkyl carbamates (subject to hydrolysis) is 1. The molecule has 0 heterocycles. The Kier molecular flexibility index (Phi) is 8.32. The van der Waals surface area contributed by atoms with Crippen molar-refractivity contribution in [1.82, 2.24) is 5.32 Å². The third kappa shape index (κ3) is 7.28. The lowest BCUT2D eigenvalue weighted by Gasteiger charge is -2.11. The average Bonchev–Trinajstić information content (AvgIpc) is 2.52. The van der Waals surface area contributed by atoms with Crippen LogP contribution in [0.15, 0.2) is 18.2 Å².